The number of aromatic nitrogens is 2. The van der Waals surface area contributed by atoms with Crippen molar-refractivity contribution in [3.63, 3.8) is 0 Å². The Morgan fingerprint density at radius 3 is 2.76 bits per heavy atom. The first kappa shape index (κ1) is 19.7. The number of thioether (sulfide) groups is 1. The zero-order chi connectivity index (χ0) is 20.2. The maximum atomic E-state index is 13.0. The van der Waals surface area contributed by atoms with E-state index >= 15 is 0 Å². The third-order valence-corrected chi connectivity index (χ3v) is 6.33. The average Bonchev–Trinajstić information content (AvgIpc) is 3.17. The quantitative estimate of drug-likeness (QED) is 0.580. The number of carbonyl (C=O) groups is 1. The van der Waals surface area contributed by atoms with E-state index in [4.69, 9.17) is 4.52 Å². The lowest BCUT2D eigenvalue weighted by Crippen LogP contribution is -2.27. The molecule has 0 saturated heterocycles. The molecule has 1 unspecified atom stereocenters. The molecule has 1 heterocycles. The number of aryl methyl sites for hydroxylation is 3. The van der Waals surface area contributed by atoms with Crippen molar-refractivity contribution in [2.75, 3.05) is 0 Å². The second kappa shape index (κ2) is 8.82. The summed E-state index contributed by atoms with van der Waals surface area (Å²) in [4.78, 5) is 18.1. The van der Waals surface area contributed by atoms with Crippen molar-refractivity contribution in [2.24, 2.45) is 0 Å². The van der Waals surface area contributed by atoms with E-state index in [1.807, 2.05) is 31.2 Å². The highest BCUT2D eigenvalue weighted by Gasteiger charge is 2.17. The predicted octanol–water partition coefficient (Wildman–Crippen LogP) is 5.04. The molecule has 0 radical (unpaired) electrons. The SMILES string of the molecule is Cc1noc(CSc2ccccc2C(=O)NC(C)c2ccc3c(c2)CCCC3)n1. The Morgan fingerprint density at radius 1 is 1.17 bits per heavy atom. The maximum Gasteiger partial charge on any atom is 0.252 e. The summed E-state index contributed by atoms with van der Waals surface area (Å²) in [5.74, 6) is 1.64. The van der Waals surface area contributed by atoms with E-state index < -0.39 is 0 Å². The molecular formula is C23H25N3O2S. The van der Waals surface area contributed by atoms with Gasteiger partial charge in [-0.05, 0) is 68.4 Å². The van der Waals surface area contributed by atoms with Crippen LogP contribution in [0.5, 0.6) is 0 Å². The number of hydrogen-bond donors (Lipinski definition) is 1. The molecule has 29 heavy (non-hydrogen) atoms. The van der Waals surface area contributed by atoms with Gasteiger partial charge < -0.3 is 9.84 Å². The van der Waals surface area contributed by atoms with Crippen molar-refractivity contribution in [1.82, 2.24) is 15.5 Å². The molecule has 1 N–H and O–H groups in total. The molecule has 1 aliphatic carbocycles. The van der Waals surface area contributed by atoms with Gasteiger partial charge in [-0.3, -0.25) is 4.79 Å². The largest absolute Gasteiger partial charge is 0.345 e. The molecule has 1 aliphatic rings. The lowest BCUT2D eigenvalue weighted by Gasteiger charge is -2.20. The summed E-state index contributed by atoms with van der Waals surface area (Å²) in [5, 5.41) is 6.97. The van der Waals surface area contributed by atoms with Gasteiger partial charge in [-0.15, -0.1) is 11.8 Å². The standard InChI is InChI=1S/C23H25N3O2S/c1-15(18-12-11-17-7-3-4-8-19(17)13-18)24-23(27)20-9-5-6-10-21(20)29-14-22-25-16(2)26-28-22/h5-6,9-13,15H,3-4,7-8,14H2,1-2H3,(H,24,27). The summed E-state index contributed by atoms with van der Waals surface area (Å²) < 4.78 is 5.17. The second-order valence-corrected chi connectivity index (χ2v) is 8.47. The highest BCUT2D eigenvalue weighted by molar-refractivity contribution is 7.98. The van der Waals surface area contributed by atoms with E-state index in [0.29, 0.717) is 23.0 Å². The highest BCUT2D eigenvalue weighted by Crippen LogP contribution is 2.28. The number of fused-ring (bicyclic) bond motifs is 1. The average molecular weight is 408 g/mol. The third-order valence-electron chi connectivity index (χ3n) is 5.27. The molecule has 1 amide bonds. The minimum atomic E-state index is -0.0694. The number of benzene rings is 2. The van der Waals surface area contributed by atoms with E-state index in [0.717, 1.165) is 16.9 Å². The first-order valence-electron chi connectivity index (χ1n) is 10.0. The smallest absolute Gasteiger partial charge is 0.252 e. The molecule has 6 heteroatoms. The van der Waals surface area contributed by atoms with Crippen molar-refractivity contribution in [3.8, 4) is 0 Å². The van der Waals surface area contributed by atoms with Crippen LogP contribution in [0.25, 0.3) is 0 Å². The van der Waals surface area contributed by atoms with Crippen LogP contribution in [0, 0.1) is 6.92 Å². The number of nitrogens with one attached hydrogen (secondary N) is 1. The van der Waals surface area contributed by atoms with E-state index in [2.05, 4.69) is 33.7 Å². The van der Waals surface area contributed by atoms with Gasteiger partial charge in [-0.25, -0.2) is 0 Å². The molecule has 0 spiro atoms. The van der Waals surface area contributed by atoms with E-state index in [1.165, 1.54) is 42.2 Å². The van der Waals surface area contributed by atoms with Crippen molar-refractivity contribution < 1.29 is 9.32 Å². The number of nitrogens with zero attached hydrogens (tertiary/aromatic N) is 2. The van der Waals surface area contributed by atoms with Crippen LogP contribution < -0.4 is 5.32 Å². The maximum absolute atomic E-state index is 13.0. The molecule has 2 aromatic carbocycles. The van der Waals surface area contributed by atoms with Crippen LogP contribution in [0.15, 0.2) is 51.9 Å². The lowest BCUT2D eigenvalue weighted by molar-refractivity contribution is 0.0937. The van der Waals surface area contributed by atoms with Crippen molar-refractivity contribution in [2.45, 2.75) is 56.2 Å². The van der Waals surface area contributed by atoms with Gasteiger partial charge in [-0.1, -0.05) is 35.5 Å². The zero-order valence-corrected chi connectivity index (χ0v) is 17.6. The van der Waals surface area contributed by atoms with Gasteiger partial charge in [0.15, 0.2) is 5.82 Å². The number of amides is 1. The van der Waals surface area contributed by atoms with Crippen LogP contribution >= 0.6 is 11.8 Å². The van der Waals surface area contributed by atoms with Crippen LogP contribution in [0.3, 0.4) is 0 Å². The van der Waals surface area contributed by atoms with Gasteiger partial charge in [0, 0.05) is 4.90 Å². The van der Waals surface area contributed by atoms with Crippen LogP contribution in [0.1, 0.15) is 64.6 Å². The van der Waals surface area contributed by atoms with E-state index in [9.17, 15) is 4.79 Å². The third kappa shape index (κ3) is 4.70. The lowest BCUT2D eigenvalue weighted by atomic mass is 9.89. The number of hydrogen-bond acceptors (Lipinski definition) is 5. The molecule has 1 atom stereocenters. The van der Waals surface area contributed by atoms with Gasteiger partial charge in [0.1, 0.15) is 0 Å². The molecule has 5 nitrogen and oxygen atoms in total. The molecule has 1 aromatic heterocycles. The van der Waals surface area contributed by atoms with E-state index in [-0.39, 0.29) is 11.9 Å². The zero-order valence-electron chi connectivity index (χ0n) is 16.8. The first-order valence-corrected chi connectivity index (χ1v) is 11.0. The summed E-state index contributed by atoms with van der Waals surface area (Å²) in [6.45, 7) is 3.83. The Hall–Kier alpha value is -2.60. The summed E-state index contributed by atoms with van der Waals surface area (Å²) in [7, 11) is 0. The molecule has 150 valence electrons. The van der Waals surface area contributed by atoms with Gasteiger partial charge in [0.2, 0.25) is 5.89 Å². The second-order valence-electron chi connectivity index (χ2n) is 7.45. The fourth-order valence-electron chi connectivity index (χ4n) is 3.70. The van der Waals surface area contributed by atoms with Gasteiger partial charge in [0.05, 0.1) is 17.4 Å². The Morgan fingerprint density at radius 2 is 1.97 bits per heavy atom. The summed E-state index contributed by atoms with van der Waals surface area (Å²) in [6.07, 6.45) is 4.83. The molecule has 0 bridgehead atoms. The molecule has 0 fully saturated rings. The highest BCUT2D eigenvalue weighted by atomic mass is 32.2. The summed E-state index contributed by atoms with van der Waals surface area (Å²) >= 11 is 1.53. The minimum absolute atomic E-state index is 0.0497. The fraction of sp³-hybridized carbons (Fsp3) is 0.348. The normalized spacial score (nSPS) is 14.3. The summed E-state index contributed by atoms with van der Waals surface area (Å²) in [6, 6.07) is 14.2. The van der Waals surface area contributed by atoms with Crippen molar-refractivity contribution in [1.29, 1.82) is 0 Å². The first-order chi connectivity index (χ1) is 14.1. The van der Waals surface area contributed by atoms with Crippen LogP contribution in [0.2, 0.25) is 0 Å². The van der Waals surface area contributed by atoms with Gasteiger partial charge >= 0.3 is 0 Å². The van der Waals surface area contributed by atoms with E-state index in [1.54, 1.807) is 6.92 Å². The van der Waals surface area contributed by atoms with Crippen LogP contribution in [-0.2, 0) is 18.6 Å². The topological polar surface area (TPSA) is 68.0 Å². The molecular weight excluding hydrogens is 382 g/mol. The van der Waals surface area contributed by atoms with Crippen LogP contribution in [0.4, 0.5) is 0 Å². The Balaban J connectivity index is 1.45. The van der Waals surface area contributed by atoms with Gasteiger partial charge in [0.25, 0.3) is 5.91 Å². The summed E-state index contributed by atoms with van der Waals surface area (Å²) in [5.41, 5.74) is 4.71. The molecule has 0 aliphatic heterocycles. The monoisotopic (exact) mass is 407 g/mol. The van der Waals surface area contributed by atoms with Crippen molar-refractivity contribution >= 4 is 17.7 Å². The van der Waals surface area contributed by atoms with Crippen LogP contribution in [-0.4, -0.2) is 16.0 Å². The van der Waals surface area contributed by atoms with Gasteiger partial charge in [-0.2, -0.15) is 4.98 Å². The number of carbonyl (C=O) groups excluding carboxylic acids is 1. The predicted molar refractivity (Wildman–Crippen MR) is 114 cm³/mol. The molecule has 4 rings (SSSR count). The Kier molecular flexibility index (Phi) is 6.00. The Labute approximate surface area is 175 Å². The molecule has 0 saturated carbocycles. The van der Waals surface area contributed by atoms with Crippen molar-refractivity contribution in [3.05, 3.63) is 76.4 Å². The fourth-order valence-corrected chi connectivity index (χ4v) is 4.59. The number of rotatable bonds is 6. The Bertz CT molecular complexity index is 1010. The minimum Gasteiger partial charge on any atom is -0.345 e. The molecule has 3 aromatic rings.